The number of nitrogens with one attached hydrogen (secondary N) is 2. The van der Waals surface area contributed by atoms with Crippen molar-refractivity contribution in [1.82, 2.24) is 9.97 Å². The first kappa shape index (κ1) is 12.5. The Hall–Kier alpha value is -2.49. The number of imidazole rings is 1. The molecule has 20 heavy (non-hydrogen) atoms. The Labute approximate surface area is 118 Å². The van der Waals surface area contributed by atoms with Crippen molar-refractivity contribution < 1.29 is 0 Å². The van der Waals surface area contributed by atoms with Crippen molar-refractivity contribution in [3.05, 3.63) is 47.0 Å². The van der Waals surface area contributed by atoms with Crippen molar-refractivity contribution in [2.75, 3.05) is 11.1 Å². The predicted octanol–water partition coefficient (Wildman–Crippen LogP) is 3.81. The molecule has 0 aliphatic heterocycles. The number of anilines is 3. The third kappa shape index (κ3) is 2.09. The van der Waals surface area contributed by atoms with Crippen LogP contribution in [0.15, 0.2) is 30.3 Å². The molecule has 0 amide bonds. The second kappa shape index (κ2) is 4.56. The molecule has 2 aromatic carbocycles. The highest BCUT2D eigenvalue weighted by Crippen LogP contribution is 2.27. The van der Waals surface area contributed by atoms with Crippen LogP contribution in [0.3, 0.4) is 0 Å². The van der Waals surface area contributed by atoms with Gasteiger partial charge in [-0.3, -0.25) is 0 Å². The van der Waals surface area contributed by atoms with Gasteiger partial charge in [0.05, 0.1) is 11.2 Å². The van der Waals surface area contributed by atoms with Crippen molar-refractivity contribution in [2.45, 2.75) is 20.8 Å². The highest BCUT2D eigenvalue weighted by Gasteiger charge is 2.08. The van der Waals surface area contributed by atoms with E-state index in [1.807, 2.05) is 18.2 Å². The summed E-state index contributed by atoms with van der Waals surface area (Å²) in [6.07, 6.45) is 0. The zero-order valence-corrected chi connectivity index (χ0v) is 11.9. The average Bonchev–Trinajstić information content (AvgIpc) is 2.78. The van der Waals surface area contributed by atoms with Crippen LogP contribution in [0.5, 0.6) is 0 Å². The van der Waals surface area contributed by atoms with E-state index >= 15 is 0 Å². The topological polar surface area (TPSA) is 66.7 Å². The number of hydrogen-bond acceptors (Lipinski definition) is 3. The van der Waals surface area contributed by atoms with E-state index in [0.29, 0.717) is 11.6 Å². The molecule has 0 bridgehead atoms. The Morgan fingerprint density at radius 3 is 2.45 bits per heavy atom. The maximum Gasteiger partial charge on any atom is 0.205 e. The molecule has 0 aliphatic rings. The van der Waals surface area contributed by atoms with Crippen molar-refractivity contribution >= 4 is 28.4 Å². The minimum absolute atomic E-state index is 0.684. The Morgan fingerprint density at radius 1 is 1.10 bits per heavy atom. The lowest BCUT2D eigenvalue weighted by molar-refractivity contribution is 1.26. The van der Waals surface area contributed by atoms with Gasteiger partial charge < -0.3 is 16.0 Å². The molecule has 0 atom stereocenters. The zero-order valence-electron chi connectivity index (χ0n) is 11.9. The number of nitrogen functional groups attached to an aromatic ring is 1. The van der Waals surface area contributed by atoms with Gasteiger partial charge in [-0.1, -0.05) is 23.8 Å². The molecular formula is C16H18N4. The minimum atomic E-state index is 0.684. The molecule has 1 heterocycles. The first-order chi connectivity index (χ1) is 9.54. The van der Waals surface area contributed by atoms with Gasteiger partial charge in [0.2, 0.25) is 5.95 Å². The van der Waals surface area contributed by atoms with Crippen LogP contribution in [0, 0.1) is 20.8 Å². The maximum absolute atomic E-state index is 5.93. The first-order valence-electron chi connectivity index (χ1n) is 6.63. The third-order valence-corrected chi connectivity index (χ3v) is 3.46. The van der Waals surface area contributed by atoms with E-state index in [9.17, 15) is 0 Å². The molecular weight excluding hydrogens is 248 g/mol. The summed E-state index contributed by atoms with van der Waals surface area (Å²) in [6, 6.07) is 10.1. The minimum Gasteiger partial charge on any atom is -0.397 e. The lowest BCUT2D eigenvalue weighted by Crippen LogP contribution is -1.98. The number of H-pyrrole nitrogens is 1. The van der Waals surface area contributed by atoms with Crippen LogP contribution in [0.1, 0.15) is 16.7 Å². The standard InChI is InChI=1S/C16H18N4/c1-9-7-10(2)14(11(3)8-9)19-16-18-13-6-4-5-12(17)15(13)20-16/h4-8H,17H2,1-3H3,(H2,18,19,20). The summed E-state index contributed by atoms with van der Waals surface area (Å²) in [5, 5.41) is 3.36. The Balaban J connectivity index is 2.04. The summed E-state index contributed by atoms with van der Waals surface area (Å²) >= 11 is 0. The van der Waals surface area contributed by atoms with E-state index in [2.05, 4.69) is 48.2 Å². The summed E-state index contributed by atoms with van der Waals surface area (Å²) in [4.78, 5) is 7.77. The van der Waals surface area contributed by atoms with Gasteiger partial charge in [-0.2, -0.15) is 0 Å². The third-order valence-electron chi connectivity index (χ3n) is 3.46. The highest BCUT2D eigenvalue weighted by atomic mass is 15.1. The van der Waals surface area contributed by atoms with Crippen LogP contribution in [0.25, 0.3) is 11.0 Å². The first-order valence-corrected chi connectivity index (χ1v) is 6.63. The van der Waals surface area contributed by atoms with Crippen LogP contribution in [0.4, 0.5) is 17.3 Å². The fraction of sp³-hybridized carbons (Fsp3) is 0.188. The van der Waals surface area contributed by atoms with Crippen molar-refractivity contribution in [1.29, 1.82) is 0 Å². The summed E-state index contributed by atoms with van der Waals surface area (Å²) in [5.74, 6) is 0.716. The van der Waals surface area contributed by atoms with Crippen LogP contribution >= 0.6 is 0 Å². The zero-order chi connectivity index (χ0) is 14.3. The number of fused-ring (bicyclic) bond motifs is 1. The monoisotopic (exact) mass is 266 g/mol. The van der Waals surface area contributed by atoms with E-state index < -0.39 is 0 Å². The molecule has 4 heteroatoms. The molecule has 102 valence electrons. The maximum atomic E-state index is 5.93. The quantitative estimate of drug-likeness (QED) is 0.618. The average molecular weight is 266 g/mol. The fourth-order valence-corrected chi connectivity index (χ4v) is 2.61. The smallest absolute Gasteiger partial charge is 0.205 e. The largest absolute Gasteiger partial charge is 0.397 e. The van der Waals surface area contributed by atoms with Gasteiger partial charge >= 0.3 is 0 Å². The molecule has 4 N–H and O–H groups in total. The van der Waals surface area contributed by atoms with Crippen molar-refractivity contribution in [3.8, 4) is 0 Å². The van der Waals surface area contributed by atoms with Gasteiger partial charge in [0, 0.05) is 5.69 Å². The van der Waals surface area contributed by atoms with Gasteiger partial charge in [0.1, 0.15) is 5.52 Å². The van der Waals surface area contributed by atoms with Crippen molar-refractivity contribution in [3.63, 3.8) is 0 Å². The number of aromatic amines is 1. The Kier molecular flexibility index (Phi) is 2.86. The molecule has 4 nitrogen and oxygen atoms in total. The summed E-state index contributed by atoms with van der Waals surface area (Å²) in [5.41, 5.74) is 13.1. The van der Waals surface area contributed by atoms with Gasteiger partial charge in [-0.25, -0.2) is 4.98 Å². The number of nitrogens with zero attached hydrogens (tertiary/aromatic N) is 1. The Bertz CT molecular complexity index is 763. The summed E-state index contributed by atoms with van der Waals surface area (Å²) < 4.78 is 0. The lowest BCUT2D eigenvalue weighted by atomic mass is 10.1. The van der Waals surface area contributed by atoms with E-state index in [0.717, 1.165) is 16.7 Å². The van der Waals surface area contributed by atoms with E-state index in [1.165, 1.54) is 16.7 Å². The normalized spacial score (nSPS) is 10.9. The fourth-order valence-electron chi connectivity index (χ4n) is 2.61. The highest BCUT2D eigenvalue weighted by molar-refractivity contribution is 5.89. The molecule has 0 aliphatic carbocycles. The molecule has 0 spiro atoms. The number of hydrogen-bond donors (Lipinski definition) is 3. The van der Waals surface area contributed by atoms with Crippen LogP contribution < -0.4 is 11.1 Å². The van der Waals surface area contributed by atoms with Crippen LogP contribution in [0.2, 0.25) is 0 Å². The van der Waals surface area contributed by atoms with E-state index in [4.69, 9.17) is 5.73 Å². The number of aromatic nitrogens is 2. The number of nitrogens with two attached hydrogens (primary N) is 1. The SMILES string of the molecule is Cc1cc(C)c(Nc2nc3c(N)cccc3[nH]2)c(C)c1. The van der Waals surface area contributed by atoms with Crippen molar-refractivity contribution in [2.24, 2.45) is 0 Å². The molecule has 3 rings (SSSR count). The Morgan fingerprint density at radius 2 is 1.80 bits per heavy atom. The van der Waals surface area contributed by atoms with Gasteiger partial charge in [0.25, 0.3) is 0 Å². The summed E-state index contributed by atoms with van der Waals surface area (Å²) in [6.45, 7) is 6.30. The van der Waals surface area contributed by atoms with Gasteiger partial charge in [-0.05, 0) is 44.0 Å². The molecule has 0 unspecified atom stereocenters. The van der Waals surface area contributed by atoms with Gasteiger partial charge in [0.15, 0.2) is 0 Å². The van der Waals surface area contributed by atoms with E-state index in [-0.39, 0.29) is 0 Å². The number of benzene rings is 2. The summed E-state index contributed by atoms with van der Waals surface area (Å²) in [7, 11) is 0. The molecule has 3 aromatic rings. The second-order valence-corrected chi connectivity index (χ2v) is 5.23. The van der Waals surface area contributed by atoms with Crippen LogP contribution in [-0.4, -0.2) is 9.97 Å². The lowest BCUT2D eigenvalue weighted by Gasteiger charge is -2.11. The molecule has 1 aromatic heterocycles. The molecule has 0 saturated carbocycles. The predicted molar refractivity (Wildman–Crippen MR) is 84.4 cm³/mol. The number of aryl methyl sites for hydroxylation is 3. The molecule has 0 radical (unpaired) electrons. The molecule has 0 saturated heterocycles. The van der Waals surface area contributed by atoms with Crippen LogP contribution in [-0.2, 0) is 0 Å². The van der Waals surface area contributed by atoms with E-state index in [1.54, 1.807) is 0 Å². The molecule has 0 fully saturated rings. The van der Waals surface area contributed by atoms with Gasteiger partial charge in [-0.15, -0.1) is 0 Å². The number of rotatable bonds is 2. The number of para-hydroxylation sites is 1. The second-order valence-electron chi connectivity index (χ2n) is 5.23.